The van der Waals surface area contributed by atoms with Gasteiger partial charge in [-0.15, -0.1) is 0 Å². The molecule has 0 saturated heterocycles. The minimum atomic E-state index is -0.239. The number of aromatic nitrogens is 4. The van der Waals surface area contributed by atoms with E-state index in [1.165, 1.54) is 12.8 Å². The van der Waals surface area contributed by atoms with E-state index in [9.17, 15) is 4.79 Å². The number of nitrogens with one attached hydrogen (secondary N) is 3. The van der Waals surface area contributed by atoms with Gasteiger partial charge in [0.2, 0.25) is 5.91 Å². The van der Waals surface area contributed by atoms with Crippen molar-refractivity contribution >= 4 is 11.7 Å². The normalized spacial score (nSPS) is 16.5. The molecular weight excluding hydrogens is 230 g/mol. The Balaban J connectivity index is 1.66. The third-order valence-electron chi connectivity index (χ3n) is 3.26. The van der Waals surface area contributed by atoms with Crippen molar-refractivity contribution in [3.05, 3.63) is 29.7 Å². The van der Waals surface area contributed by atoms with E-state index < -0.39 is 0 Å². The van der Waals surface area contributed by atoms with E-state index in [0.717, 1.165) is 11.3 Å². The van der Waals surface area contributed by atoms with Crippen LogP contribution < -0.4 is 5.32 Å². The predicted octanol–water partition coefficient (Wildman–Crippen LogP) is 1.75. The first-order valence-electron chi connectivity index (χ1n) is 6.09. The molecule has 0 aromatic carbocycles. The van der Waals surface area contributed by atoms with Gasteiger partial charge in [0.1, 0.15) is 5.82 Å². The second kappa shape index (κ2) is 4.29. The monoisotopic (exact) mass is 245 g/mol. The lowest BCUT2D eigenvalue weighted by Crippen LogP contribution is -2.18. The highest BCUT2D eigenvalue weighted by molar-refractivity contribution is 5.94. The molecule has 3 N–H and O–H groups in total. The highest BCUT2D eigenvalue weighted by Crippen LogP contribution is 2.39. The number of carbonyl (C=O) groups is 1. The molecule has 18 heavy (non-hydrogen) atoms. The number of anilines is 1. The summed E-state index contributed by atoms with van der Waals surface area (Å²) in [4.78, 5) is 12.0. The van der Waals surface area contributed by atoms with E-state index >= 15 is 0 Å². The Morgan fingerprint density at radius 3 is 3.06 bits per heavy atom. The Bertz CT molecular complexity index is 541. The molecule has 0 bridgehead atoms. The van der Waals surface area contributed by atoms with Gasteiger partial charge in [0.05, 0.1) is 17.8 Å². The quantitative estimate of drug-likeness (QED) is 0.767. The van der Waals surface area contributed by atoms with E-state index in [1.54, 1.807) is 12.4 Å². The molecule has 1 atom stereocenters. The van der Waals surface area contributed by atoms with Crippen LogP contribution in [-0.2, 0) is 4.79 Å². The van der Waals surface area contributed by atoms with Crippen molar-refractivity contribution in [2.75, 3.05) is 5.32 Å². The van der Waals surface area contributed by atoms with Gasteiger partial charge in [-0.1, -0.05) is 0 Å². The van der Waals surface area contributed by atoms with Gasteiger partial charge in [0.25, 0.3) is 0 Å². The van der Waals surface area contributed by atoms with Crippen LogP contribution in [0.2, 0.25) is 0 Å². The number of H-pyrrole nitrogens is 2. The van der Waals surface area contributed by atoms with Crippen molar-refractivity contribution < 1.29 is 4.79 Å². The third kappa shape index (κ3) is 2.13. The van der Waals surface area contributed by atoms with Gasteiger partial charge in [0, 0.05) is 23.7 Å². The molecule has 1 aliphatic rings. The first-order chi connectivity index (χ1) is 8.74. The highest BCUT2D eigenvalue weighted by Gasteiger charge is 2.26. The standard InChI is InChI=1S/C12H15N5O/c1-7(9-5-13-14-6-9)12(18)15-11-4-10(16-17-11)8-2-3-8/h4-8H,2-3H2,1H3,(H,13,14)(H2,15,16,17,18). The van der Waals surface area contributed by atoms with E-state index in [-0.39, 0.29) is 11.8 Å². The molecule has 1 unspecified atom stereocenters. The van der Waals surface area contributed by atoms with E-state index in [0.29, 0.717) is 11.7 Å². The van der Waals surface area contributed by atoms with Crippen LogP contribution in [0.5, 0.6) is 0 Å². The topological polar surface area (TPSA) is 86.5 Å². The molecule has 2 aromatic rings. The minimum absolute atomic E-state index is 0.0672. The van der Waals surface area contributed by atoms with Crippen LogP contribution in [0, 0.1) is 0 Å². The summed E-state index contributed by atoms with van der Waals surface area (Å²) in [6.45, 7) is 1.85. The van der Waals surface area contributed by atoms with Gasteiger partial charge >= 0.3 is 0 Å². The maximum atomic E-state index is 12.0. The predicted molar refractivity (Wildman–Crippen MR) is 66.2 cm³/mol. The van der Waals surface area contributed by atoms with Gasteiger partial charge in [-0.3, -0.25) is 15.0 Å². The number of hydrogen-bond donors (Lipinski definition) is 3. The summed E-state index contributed by atoms with van der Waals surface area (Å²) >= 11 is 0. The number of hydrogen-bond acceptors (Lipinski definition) is 3. The maximum absolute atomic E-state index is 12.0. The Hall–Kier alpha value is -2.11. The summed E-state index contributed by atoms with van der Waals surface area (Å²) in [6, 6.07) is 1.91. The summed E-state index contributed by atoms with van der Waals surface area (Å²) < 4.78 is 0. The summed E-state index contributed by atoms with van der Waals surface area (Å²) in [5.74, 6) is 0.939. The van der Waals surface area contributed by atoms with Crippen molar-refractivity contribution in [2.45, 2.75) is 31.6 Å². The fourth-order valence-electron chi connectivity index (χ4n) is 1.88. The van der Waals surface area contributed by atoms with Crippen LogP contribution in [-0.4, -0.2) is 26.3 Å². The summed E-state index contributed by atoms with van der Waals surface area (Å²) in [5.41, 5.74) is 1.91. The van der Waals surface area contributed by atoms with Crippen molar-refractivity contribution in [3.63, 3.8) is 0 Å². The Morgan fingerprint density at radius 2 is 2.39 bits per heavy atom. The third-order valence-corrected chi connectivity index (χ3v) is 3.26. The molecule has 0 spiro atoms. The minimum Gasteiger partial charge on any atom is -0.311 e. The second-order valence-corrected chi connectivity index (χ2v) is 4.72. The molecule has 2 aromatic heterocycles. The molecule has 1 saturated carbocycles. The zero-order valence-corrected chi connectivity index (χ0v) is 10.1. The summed E-state index contributed by atoms with van der Waals surface area (Å²) in [6.07, 6.45) is 5.78. The fourth-order valence-corrected chi connectivity index (χ4v) is 1.88. The van der Waals surface area contributed by atoms with Gasteiger partial charge in [-0.25, -0.2) is 0 Å². The largest absolute Gasteiger partial charge is 0.311 e. The molecule has 1 amide bonds. The van der Waals surface area contributed by atoms with E-state index in [2.05, 4.69) is 25.7 Å². The first-order valence-corrected chi connectivity index (χ1v) is 6.09. The van der Waals surface area contributed by atoms with Crippen LogP contribution in [0.4, 0.5) is 5.82 Å². The SMILES string of the molecule is CC(C(=O)Nc1cc(C2CC2)n[nH]1)c1cn[nH]c1. The van der Waals surface area contributed by atoms with Crippen molar-refractivity contribution in [1.29, 1.82) is 0 Å². The second-order valence-electron chi connectivity index (χ2n) is 4.72. The molecule has 0 radical (unpaired) electrons. The lowest BCUT2D eigenvalue weighted by atomic mass is 10.1. The number of amides is 1. The molecule has 6 heteroatoms. The average Bonchev–Trinajstić information content (AvgIpc) is 2.91. The van der Waals surface area contributed by atoms with Gasteiger partial charge in [0.15, 0.2) is 0 Å². The number of aromatic amines is 2. The smallest absolute Gasteiger partial charge is 0.232 e. The van der Waals surface area contributed by atoms with Crippen LogP contribution in [0.25, 0.3) is 0 Å². The lowest BCUT2D eigenvalue weighted by molar-refractivity contribution is -0.117. The zero-order valence-electron chi connectivity index (χ0n) is 10.1. The molecule has 3 rings (SSSR count). The molecule has 2 heterocycles. The molecule has 94 valence electrons. The molecule has 6 nitrogen and oxygen atoms in total. The Labute approximate surface area is 104 Å². The molecule has 1 aliphatic carbocycles. The number of nitrogens with zero attached hydrogens (tertiary/aromatic N) is 2. The molecule has 0 aliphatic heterocycles. The van der Waals surface area contributed by atoms with Crippen LogP contribution >= 0.6 is 0 Å². The van der Waals surface area contributed by atoms with Crippen LogP contribution in [0.1, 0.15) is 42.9 Å². The molecular formula is C12H15N5O. The Kier molecular flexibility index (Phi) is 2.62. The Morgan fingerprint density at radius 1 is 1.56 bits per heavy atom. The summed E-state index contributed by atoms with van der Waals surface area (Å²) in [5, 5.41) is 16.4. The van der Waals surface area contributed by atoms with Crippen molar-refractivity contribution in [1.82, 2.24) is 20.4 Å². The van der Waals surface area contributed by atoms with E-state index in [1.807, 2.05) is 13.0 Å². The zero-order chi connectivity index (χ0) is 12.5. The van der Waals surface area contributed by atoms with Crippen molar-refractivity contribution in [3.8, 4) is 0 Å². The number of carbonyl (C=O) groups excluding carboxylic acids is 1. The highest BCUT2D eigenvalue weighted by atomic mass is 16.1. The van der Waals surface area contributed by atoms with E-state index in [4.69, 9.17) is 0 Å². The van der Waals surface area contributed by atoms with Gasteiger partial charge < -0.3 is 5.32 Å². The van der Waals surface area contributed by atoms with Gasteiger partial charge in [-0.2, -0.15) is 10.2 Å². The molecule has 1 fully saturated rings. The van der Waals surface area contributed by atoms with Crippen LogP contribution in [0.3, 0.4) is 0 Å². The average molecular weight is 245 g/mol. The fraction of sp³-hybridized carbons (Fsp3) is 0.417. The van der Waals surface area contributed by atoms with Gasteiger partial charge in [-0.05, 0) is 19.8 Å². The first kappa shape index (κ1) is 11.0. The summed E-state index contributed by atoms with van der Waals surface area (Å²) in [7, 11) is 0. The van der Waals surface area contributed by atoms with Crippen molar-refractivity contribution in [2.24, 2.45) is 0 Å². The van der Waals surface area contributed by atoms with Crippen LogP contribution in [0.15, 0.2) is 18.5 Å². The number of rotatable bonds is 4. The maximum Gasteiger partial charge on any atom is 0.232 e. The lowest BCUT2D eigenvalue weighted by Gasteiger charge is -2.08.